The molecule has 1 aromatic heterocycles. The molecule has 0 radical (unpaired) electrons. The molecule has 1 heterocycles. The molecule has 0 aromatic carbocycles. The van der Waals surface area contributed by atoms with Crippen molar-refractivity contribution in [3.63, 3.8) is 0 Å². The molecule has 1 amide bonds. The third-order valence-corrected chi connectivity index (χ3v) is 3.32. The van der Waals surface area contributed by atoms with Gasteiger partial charge >= 0.3 is 0 Å². The lowest BCUT2D eigenvalue weighted by Crippen LogP contribution is -2.28. The van der Waals surface area contributed by atoms with Gasteiger partial charge in [0, 0.05) is 11.8 Å². The first-order chi connectivity index (χ1) is 7.74. The summed E-state index contributed by atoms with van der Waals surface area (Å²) < 4.78 is 0. The van der Waals surface area contributed by atoms with Gasteiger partial charge in [-0.05, 0) is 19.1 Å². The van der Waals surface area contributed by atoms with Crippen molar-refractivity contribution >= 4 is 17.7 Å². The highest BCUT2D eigenvalue weighted by atomic mass is 32.2. The van der Waals surface area contributed by atoms with E-state index in [-0.39, 0.29) is 11.9 Å². The van der Waals surface area contributed by atoms with Crippen LogP contribution in [0.4, 0.5) is 0 Å². The first kappa shape index (κ1) is 13.1. The van der Waals surface area contributed by atoms with Crippen molar-refractivity contribution in [1.29, 1.82) is 0 Å². The number of nitrogens with zero attached hydrogens (tertiary/aromatic N) is 1. The molecule has 4 nitrogen and oxygen atoms in total. The minimum absolute atomic E-state index is 0.0259. The molecule has 1 aromatic rings. The fraction of sp³-hybridized carbons (Fsp3) is 0.636. The summed E-state index contributed by atoms with van der Waals surface area (Å²) in [6, 6.07) is 0.0259. The smallest absolute Gasteiger partial charge is 0.230 e. The number of H-pyrrole nitrogens is 1. The van der Waals surface area contributed by atoms with E-state index < -0.39 is 0 Å². The van der Waals surface area contributed by atoms with Crippen LogP contribution in [0.25, 0.3) is 0 Å². The summed E-state index contributed by atoms with van der Waals surface area (Å²) >= 11 is 1.69. The van der Waals surface area contributed by atoms with Gasteiger partial charge in [-0.3, -0.25) is 9.89 Å². The van der Waals surface area contributed by atoms with Gasteiger partial charge in [0.15, 0.2) is 0 Å². The van der Waals surface area contributed by atoms with E-state index in [4.69, 9.17) is 0 Å². The van der Waals surface area contributed by atoms with E-state index >= 15 is 0 Å². The first-order valence-electron chi connectivity index (χ1n) is 5.59. The van der Waals surface area contributed by atoms with Crippen molar-refractivity contribution in [2.45, 2.75) is 32.7 Å². The number of thioether (sulfide) groups is 1. The number of aromatic amines is 1. The molecule has 0 saturated heterocycles. The minimum Gasteiger partial charge on any atom is -0.349 e. The number of aromatic nitrogens is 2. The molecule has 1 rings (SSSR count). The zero-order valence-electron chi connectivity index (χ0n) is 9.82. The van der Waals surface area contributed by atoms with E-state index in [9.17, 15) is 4.79 Å². The molecular weight excluding hydrogens is 222 g/mol. The van der Waals surface area contributed by atoms with Crippen LogP contribution in [0, 0.1) is 0 Å². The predicted octanol–water partition coefficient (Wildman–Crippen LogP) is 2.12. The lowest BCUT2D eigenvalue weighted by Gasteiger charge is -2.11. The number of hydrogen-bond acceptors (Lipinski definition) is 3. The van der Waals surface area contributed by atoms with Crippen LogP contribution in [0.5, 0.6) is 0 Å². The van der Waals surface area contributed by atoms with Gasteiger partial charge in [0.25, 0.3) is 0 Å². The summed E-state index contributed by atoms with van der Waals surface area (Å²) in [7, 11) is 0. The summed E-state index contributed by atoms with van der Waals surface area (Å²) in [6.45, 7) is 4.11. The number of unbranched alkanes of at least 4 members (excludes halogenated alkanes) is 1. The molecular formula is C11H19N3OS. The molecule has 1 unspecified atom stereocenters. The zero-order valence-corrected chi connectivity index (χ0v) is 10.6. The fourth-order valence-corrected chi connectivity index (χ4v) is 2.18. The van der Waals surface area contributed by atoms with Gasteiger partial charge < -0.3 is 5.32 Å². The first-order valence-corrected chi connectivity index (χ1v) is 6.75. The monoisotopic (exact) mass is 241 g/mol. The number of carbonyl (C=O) groups is 1. The van der Waals surface area contributed by atoms with Crippen LogP contribution in [0.2, 0.25) is 0 Å². The van der Waals surface area contributed by atoms with E-state index in [0.717, 1.165) is 11.3 Å². The van der Waals surface area contributed by atoms with Gasteiger partial charge in [-0.1, -0.05) is 13.3 Å². The van der Waals surface area contributed by atoms with E-state index in [1.165, 1.54) is 12.8 Å². The highest BCUT2D eigenvalue weighted by Crippen LogP contribution is 2.10. The summed E-state index contributed by atoms with van der Waals surface area (Å²) in [6.07, 6.45) is 5.89. The Morgan fingerprint density at radius 2 is 2.50 bits per heavy atom. The molecule has 0 aliphatic heterocycles. The van der Waals surface area contributed by atoms with Crippen molar-refractivity contribution in [3.8, 4) is 0 Å². The topological polar surface area (TPSA) is 57.8 Å². The maximum Gasteiger partial charge on any atom is 0.230 e. The lowest BCUT2D eigenvalue weighted by atomic mass is 10.2. The normalized spacial score (nSPS) is 12.4. The molecule has 0 bridgehead atoms. The summed E-state index contributed by atoms with van der Waals surface area (Å²) in [5, 5.41) is 9.53. The quantitative estimate of drug-likeness (QED) is 0.719. The maximum absolute atomic E-state index is 11.5. The molecule has 0 spiro atoms. The van der Waals surface area contributed by atoms with Crippen molar-refractivity contribution < 1.29 is 4.79 Å². The number of nitrogens with one attached hydrogen (secondary N) is 2. The van der Waals surface area contributed by atoms with Gasteiger partial charge in [-0.15, -0.1) is 0 Å². The van der Waals surface area contributed by atoms with Crippen LogP contribution in [0.15, 0.2) is 12.4 Å². The average Bonchev–Trinajstić information content (AvgIpc) is 2.77. The third kappa shape index (κ3) is 4.70. The van der Waals surface area contributed by atoms with E-state index in [2.05, 4.69) is 22.4 Å². The van der Waals surface area contributed by atoms with Crippen LogP contribution in [0.1, 0.15) is 38.3 Å². The van der Waals surface area contributed by atoms with E-state index in [1.54, 1.807) is 24.2 Å². The molecule has 0 aliphatic carbocycles. The van der Waals surface area contributed by atoms with Crippen LogP contribution in [-0.4, -0.2) is 27.6 Å². The highest BCUT2D eigenvalue weighted by Gasteiger charge is 2.09. The zero-order chi connectivity index (χ0) is 11.8. The Morgan fingerprint density at radius 3 is 3.12 bits per heavy atom. The largest absolute Gasteiger partial charge is 0.349 e. The van der Waals surface area contributed by atoms with E-state index in [0.29, 0.717) is 5.75 Å². The van der Waals surface area contributed by atoms with Gasteiger partial charge in [0.05, 0.1) is 18.0 Å². The summed E-state index contributed by atoms with van der Waals surface area (Å²) in [5.74, 6) is 1.70. The Balaban J connectivity index is 2.19. The minimum atomic E-state index is 0.0259. The van der Waals surface area contributed by atoms with Crippen LogP contribution in [-0.2, 0) is 4.79 Å². The van der Waals surface area contributed by atoms with Crippen molar-refractivity contribution in [2.24, 2.45) is 0 Å². The van der Waals surface area contributed by atoms with Crippen LogP contribution in [0.3, 0.4) is 0 Å². The van der Waals surface area contributed by atoms with Crippen molar-refractivity contribution in [2.75, 3.05) is 11.5 Å². The third-order valence-electron chi connectivity index (χ3n) is 2.27. The summed E-state index contributed by atoms with van der Waals surface area (Å²) in [4.78, 5) is 11.5. The Hall–Kier alpha value is -0.970. The highest BCUT2D eigenvalue weighted by molar-refractivity contribution is 7.99. The Kier molecular flexibility index (Phi) is 6.00. The summed E-state index contributed by atoms with van der Waals surface area (Å²) in [5.41, 5.74) is 1.01. The van der Waals surface area contributed by atoms with Crippen molar-refractivity contribution in [3.05, 3.63) is 18.0 Å². The van der Waals surface area contributed by atoms with Crippen LogP contribution < -0.4 is 5.32 Å². The number of carbonyl (C=O) groups excluding carboxylic acids is 1. The predicted molar refractivity (Wildman–Crippen MR) is 67.4 cm³/mol. The molecule has 90 valence electrons. The Labute approximate surface area is 101 Å². The Bertz CT molecular complexity index is 300. The van der Waals surface area contributed by atoms with Gasteiger partial charge in [0.2, 0.25) is 5.91 Å². The lowest BCUT2D eigenvalue weighted by molar-refractivity contribution is -0.119. The SMILES string of the molecule is CCCCSCC(=O)NC(C)c1cn[nH]c1. The second kappa shape index (κ2) is 7.33. The van der Waals surface area contributed by atoms with Gasteiger partial charge in [-0.2, -0.15) is 16.9 Å². The molecule has 1 atom stereocenters. The Morgan fingerprint density at radius 1 is 1.69 bits per heavy atom. The maximum atomic E-state index is 11.5. The fourth-order valence-electron chi connectivity index (χ4n) is 1.28. The van der Waals surface area contributed by atoms with Gasteiger partial charge in [0.1, 0.15) is 0 Å². The molecule has 0 fully saturated rings. The number of hydrogen-bond donors (Lipinski definition) is 2. The molecule has 0 aliphatic rings. The molecule has 5 heteroatoms. The van der Waals surface area contributed by atoms with E-state index in [1.807, 2.05) is 6.92 Å². The average molecular weight is 241 g/mol. The molecule has 16 heavy (non-hydrogen) atoms. The van der Waals surface area contributed by atoms with Gasteiger partial charge in [-0.25, -0.2) is 0 Å². The second-order valence-corrected chi connectivity index (χ2v) is 4.83. The molecule has 2 N–H and O–H groups in total. The van der Waals surface area contributed by atoms with Crippen LogP contribution >= 0.6 is 11.8 Å². The second-order valence-electron chi connectivity index (χ2n) is 3.73. The van der Waals surface area contributed by atoms with Crippen molar-refractivity contribution in [1.82, 2.24) is 15.5 Å². The number of amides is 1. The molecule has 0 saturated carbocycles. The standard InChI is InChI=1S/C11H19N3OS/c1-3-4-5-16-8-11(15)14-9(2)10-6-12-13-7-10/h6-7,9H,3-5,8H2,1-2H3,(H,12,13)(H,14,15). The number of rotatable bonds is 7.